The number of pyridine rings is 1. The van der Waals surface area contributed by atoms with Crippen LogP contribution in [0.5, 0.6) is 0 Å². The van der Waals surface area contributed by atoms with Gasteiger partial charge < -0.3 is 4.74 Å². The van der Waals surface area contributed by atoms with Gasteiger partial charge in [0.15, 0.2) is 12.4 Å². The summed E-state index contributed by atoms with van der Waals surface area (Å²) in [7, 11) is 0. The average Bonchev–Trinajstić information content (AvgIpc) is 2.95. The van der Waals surface area contributed by atoms with Gasteiger partial charge in [-0.1, -0.05) is 24.6 Å². The van der Waals surface area contributed by atoms with E-state index in [1.54, 1.807) is 0 Å². The zero-order valence-electron chi connectivity index (χ0n) is 15.4. The van der Waals surface area contributed by atoms with Gasteiger partial charge in [0.25, 0.3) is 0 Å². The molecule has 1 heterocycles. The Bertz CT molecular complexity index is 1040. The maximum atomic E-state index is 13.0. The summed E-state index contributed by atoms with van der Waals surface area (Å²) in [5.41, 5.74) is 3.49. The third-order valence-electron chi connectivity index (χ3n) is 5.12. The Hall–Kier alpha value is -3.08. The number of ether oxygens (including phenoxy) is 1. The van der Waals surface area contributed by atoms with E-state index >= 15 is 0 Å². The maximum Gasteiger partial charge on any atom is 0.339 e. The summed E-state index contributed by atoms with van der Waals surface area (Å²) in [4.78, 5) is 30.0. The zero-order valence-corrected chi connectivity index (χ0v) is 15.4. The Balaban J connectivity index is 1.64. The highest BCUT2D eigenvalue weighted by atomic mass is 19.1. The van der Waals surface area contributed by atoms with Crippen molar-refractivity contribution in [1.82, 2.24) is 4.98 Å². The van der Waals surface area contributed by atoms with Gasteiger partial charge in [-0.3, -0.25) is 9.78 Å². The second-order valence-corrected chi connectivity index (χ2v) is 7.00. The number of para-hydroxylation sites is 1. The van der Waals surface area contributed by atoms with Crippen molar-refractivity contribution in [3.05, 3.63) is 76.7 Å². The van der Waals surface area contributed by atoms with Crippen LogP contribution in [0.4, 0.5) is 4.39 Å². The molecule has 142 valence electrons. The molecular formula is C23H20FNO3. The Morgan fingerprint density at radius 3 is 2.54 bits per heavy atom. The first-order valence-corrected chi connectivity index (χ1v) is 9.50. The van der Waals surface area contributed by atoms with E-state index in [9.17, 15) is 14.0 Å². The molecule has 0 bridgehead atoms. The largest absolute Gasteiger partial charge is 0.454 e. The van der Waals surface area contributed by atoms with E-state index in [4.69, 9.17) is 9.72 Å². The number of hydrogen-bond acceptors (Lipinski definition) is 4. The molecule has 0 saturated heterocycles. The summed E-state index contributed by atoms with van der Waals surface area (Å²) in [6, 6.07) is 12.7. The van der Waals surface area contributed by atoms with E-state index in [1.165, 1.54) is 24.3 Å². The lowest BCUT2D eigenvalue weighted by Gasteiger charge is -2.14. The third kappa shape index (κ3) is 3.65. The van der Waals surface area contributed by atoms with Crippen molar-refractivity contribution >= 4 is 22.7 Å². The van der Waals surface area contributed by atoms with Crippen LogP contribution in [0.15, 0.2) is 48.5 Å². The van der Waals surface area contributed by atoms with Crippen molar-refractivity contribution in [2.75, 3.05) is 6.61 Å². The van der Waals surface area contributed by atoms with Crippen LogP contribution < -0.4 is 0 Å². The fourth-order valence-corrected chi connectivity index (χ4v) is 3.70. The van der Waals surface area contributed by atoms with E-state index in [0.717, 1.165) is 54.3 Å². The number of fused-ring (bicyclic) bond motifs is 2. The van der Waals surface area contributed by atoms with Gasteiger partial charge in [0.05, 0.1) is 11.1 Å². The Morgan fingerprint density at radius 2 is 1.71 bits per heavy atom. The number of halogens is 1. The lowest BCUT2D eigenvalue weighted by atomic mass is 9.97. The van der Waals surface area contributed by atoms with E-state index in [0.29, 0.717) is 11.1 Å². The molecule has 3 aromatic rings. The minimum Gasteiger partial charge on any atom is -0.454 e. The van der Waals surface area contributed by atoms with Gasteiger partial charge in [-0.05, 0) is 61.6 Å². The summed E-state index contributed by atoms with van der Waals surface area (Å²) in [6.07, 6.45) is 4.78. The molecule has 0 atom stereocenters. The van der Waals surface area contributed by atoms with Crippen LogP contribution in [0.2, 0.25) is 0 Å². The molecule has 0 N–H and O–H groups in total. The third-order valence-corrected chi connectivity index (χ3v) is 5.12. The van der Waals surface area contributed by atoms with Crippen LogP contribution in [0.1, 0.15) is 51.2 Å². The fourth-order valence-electron chi connectivity index (χ4n) is 3.70. The standard InChI is InChI=1S/C23H20FNO3/c24-16-12-10-15(11-13-16)21(26)14-28-23(27)22-17-6-2-1-3-8-19(17)25-20-9-5-4-7-18(20)22/h4-5,7,9-13H,1-3,6,8,14H2. The number of ketones is 1. The van der Waals surface area contributed by atoms with Gasteiger partial charge in [0.2, 0.25) is 0 Å². The second-order valence-electron chi connectivity index (χ2n) is 7.00. The summed E-state index contributed by atoms with van der Waals surface area (Å²) >= 11 is 0. The molecule has 4 nitrogen and oxygen atoms in total. The van der Waals surface area contributed by atoms with Crippen LogP contribution in [0.25, 0.3) is 10.9 Å². The van der Waals surface area contributed by atoms with Gasteiger partial charge in [-0.15, -0.1) is 0 Å². The van der Waals surface area contributed by atoms with E-state index in [-0.39, 0.29) is 12.4 Å². The molecule has 1 aliphatic rings. The second kappa shape index (κ2) is 7.89. The topological polar surface area (TPSA) is 56.3 Å². The maximum absolute atomic E-state index is 13.0. The summed E-state index contributed by atoms with van der Waals surface area (Å²) < 4.78 is 18.4. The van der Waals surface area contributed by atoms with Crippen LogP contribution >= 0.6 is 0 Å². The minimum absolute atomic E-state index is 0.313. The molecular weight excluding hydrogens is 357 g/mol. The normalized spacial score (nSPS) is 13.6. The zero-order chi connectivity index (χ0) is 19.5. The Kier molecular flexibility index (Phi) is 5.15. The predicted octanol–water partition coefficient (Wildman–Crippen LogP) is 4.68. The molecule has 1 aromatic heterocycles. The molecule has 0 amide bonds. The number of nitrogens with zero attached hydrogens (tertiary/aromatic N) is 1. The van der Waals surface area contributed by atoms with Crippen molar-refractivity contribution in [3.63, 3.8) is 0 Å². The lowest BCUT2D eigenvalue weighted by Crippen LogP contribution is -2.17. The molecule has 0 radical (unpaired) electrons. The van der Waals surface area contributed by atoms with Crippen LogP contribution in [-0.2, 0) is 17.6 Å². The number of carbonyl (C=O) groups is 2. The van der Waals surface area contributed by atoms with Crippen molar-refractivity contribution in [2.24, 2.45) is 0 Å². The van der Waals surface area contributed by atoms with Crippen molar-refractivity contribution < 1.29 is 18.7 Å². The number of rotatable bonds is 4. The summed E-state index contributed by atoms with van der Waals surface area (Å²) in [6.45, 7) is -0.379. The van der Waals surface area contributed by atoms with Crippen LogP contribution in [0.3, 0.4) is 0 Å². The molecule has 0 spiro atoms. The van der Waals surface area contributed by atoms with Gasteiger partial charge in [0.1, 0.15) is 5.82 Å². The first-order chi connectivity index (χ1) is 13.6. The first-order valence-electron chi connectivity index (χ1n) is 9.50. The number of benzene rings is 2. The number of aryl methyl sites for hydroxylation is 1. The smallest absolute Gasteiger partial charge is 0.339 e. The molecule has 0 aliphatic heterocycles. The Labute approximate surface area is 162 Å². The highest BCUT2D eigenvalue weighted by Gasteiger charge is 2.23. The van der Waals surface area contributed by atoms with Gasteiger partial charge in [-0.25, -0.2) is 9.18 Å². The lowest BCUT2D eigenvalue weighted by molar-refractivity contribution is 0.0475. The van der Waals surface area contributed by atoms with E-state index in [2.05, 4.69) is 0 Å². The molecule has 0 unspecified atom stereocenters. The summed E-state index contributed by atoms with van der Waals surface area (Å²) in [5.74, 6) is -1.29. The molecule has 0 saturated carbocycles. The number of Topliss-reactive ketones (excluding diaryl/α,β-unsaturated/α-hetero) is 1. The van der Waals surface area contributed by atoms with E-state index < -0.39 is 11.8 Å². The average molecular weight is 377 g/mol. The predicted molar refractivity (Wildman–Crippen MR) is 104 cm³/mol. The van der Waals surface area contributed by atoms with Gasteiger partial charge in [-0.2, -0.15) is 0 Å². The molecule has 2 aromatic carbocycles. The highest BCUT2D eigenvalue weighted by Crippen LogP contribution is 2.29. The highest BCUT2D eigenvalue weighted by molar-refractivity contribution is 6.06. The monoisotopic (exact) mass is 377 g/mol. The minimum atomic E-state index is -0.507. The number of carbonyl (C=O) groups excluding carboxylic acids is 2. The summed E-state index contributed by atoms with van der Waals surface area (Å²) in [5, 5.41) is 0.752. The van der Waals surface area contributed by atoms with Gasteiger partial charge in [0, 0.05) is 16.6 Å². The van der Waals surface area contributed by atoms with Crippen molar-refractivity contribution in [3.8, 4) is 0 Å². The molecule has 4 rings (SSSR count). The number of esters is 1. The van der Waals surface area contributed by atoms with Crippen molar-refractivity contribution in [2.45, 2.75) is 32.1 Å². The SMILES string of the molecule is O=C(COC(=O)c1c2c(nc3ccccc13)CCCCC2)c1ccc(F)cc1. The van der Waals surface area contributed by atoms with Crippen molar-refractivity contribution in [1.29, 1.82) is 0 Å². The van der Waals surface area contributed by atoms with E-state index in [1.807, 2.05) is 24.3 Å². The quantitative estimate of drug-likeness (QED) is 0.376. The first kappa shape index (κ1) is 18.3. The fraction of sp³-hybridized carbons (Fsp3) is 0.261. The molecule has 1 aliphatic carbocycles. The molecule has 5 heteroatoms. The van der Waals surface area contributed by atoms with Crippen LogP contribution in [-0.4, -0.2) is 23.3 Å². The number of hydrogen-bond donors (Lipinski definition) is 0. The molecule has 0 fully saturated rings. The van der Waals surface area contributed by atoms with Crippen LogP contribution in [0, 0.1) is 5.82 Å². The number of aromatic nitrogens is 1. The molecule has 28 heavy (non-hydrogen) atoms. The Morgan fingerprint density at radius 1 is 0.964 bits per heavy atom. The van der Waals surface area contributed by atoms with Gasteiger partial charge >= 0.3 is 5.97 Å².